The lowest BCUT2D eigenvalue weighted by molar-refractivity contribution is -0.115. The number of amides is 1. The summed E-state index contributed by atoms with van der Waals surface area (Å²) in [5.41, 5.74) is 3.34. The lowest BCUT2D eigenvalue weighted by atomic mass is 10.1. The molecule has 6 heteroatoms. The van der Waals surface area contributed by atoms with Gasteiger partial charge in [-0.3, -0.25) is 9.78 Å². The molecule has 0 fully saturated rings. The fraction of sp³-hybridized carbons (Fsp3) is 0.211. The third-order valence-corrected chi connectivity index (χ3v) is 4.03. The number of nitrogens with zero attached hydrogens (tertiary/aromatic N) is 2. The first-order valence-electron chi connectivity index (χ1n) is 8.13. The van der Waals surface area contributed by atoms with Crippen LogP contribution in [0.25, 0.3) is 11.3 Å². The van der Waals surface area contributed by atoms with E-state index in [1.165, 1.54) is 0 Å². The van der Waals surface area contributed by atoms with E-state index in [0.29, 0.717) is 17.1 Å². The molecule has 1 aromatic carbocycles. The van der Waals surface area contributed by atoms with Crippen molar-refractivity contribution < 1.29 is 14.1 Å². The van der Waals surface area contributed by atoms with Crippen LogP contribution in [0, 0.1) is 0 Å². The topological polar surface area (TPSA) is 77.3 Å². The molecule has 1 N–H and O–H groups in total. The SMILES string of the molecule is CC1Cc2cc(-c3cc(CC(=O)Nc4cccnc4)no3)ccc2O1. The van der Waals surface area contributed by atoms with E-state index in [1.807, 2.05) is 19.1 Å². The van der Waals surface area contributed by atoms with Crippen LogP contribution in [0.5, 0.6) is 5.75 Å². The van der Waals surface area contributed by atoms with E-state index >= 15 is 0 Å². The third-order valence-electron chi connectivity index (χ3n) is 4.03. The summed E-state index contributed by atoms with van der Waals surface area (Å²) in [6, 6.07) is 11.3. The summed E-state index contributed by atoms with van der Waals surface area (Å²) in [4.78, 5) is 16.0. The number of fused-ring (bicyclic) bond motifs is 1. The number of carbonyl (C=O) groups is 1. The van der Waals surface area contributed by atoms with Crippen molar-refractivity contribution in [1.29, 1.82) is 0 Å². The fourth-order valence-electron chi connectivity index (χ4n) is 2.91. The number of ether oxygens (including phenoxy) is 1. The van der Waals surface area contributed by atoms with Crippen molar-refractivity contribution in [3.63, 3.8) is 0 Å². The smallest absolute Gasteiger partial charge is 0.230 e. The van der Waals surface area contributed by atoms with Crippen LogP contribution in [0.3, 0.4) is 0 Å². The molecule has 6 nitrogen and oxygen atoms in total. The van der Waals surface area contributed by atoms with Gasteiger partial charge in [0.1, 0.15) is 11.9 Å². The van der Waals surface area contributed by atoms with E-state index in [9.17, 15) is 4.79 Å². The molecule has 4 rings (SSSR count). The molecular weight excluding hydrogens is 318 g/mol. The van der Waals surface area contributed by atoms with Gasteiger partial charge in [-0.05, 0) is 42.8 Å². The second-order valence-corrected chi connectivity index (χ2v) is 6.10. The minimum absolute atomic E-state index is 0.142. The summed E-state index contributed by atoms with van der Waals surface area (Å²) >= 11 is 0. The summed E-state index contributed by atoms with van der Waals surface area (Å²) in [7, 11) is 0. The van der Waals surface area contributed by atoms with Crippen LogP contribution in [0.2, 0.25) is 0 Å². The molecule has 25 heavy (non-hydrogen) atoms. The maximum absolute atomic E-state index is 12.1. The highest BCUT2D eigenvalue weighted by molar-refractivity contribution is 5.91. The van der Waals surface area contributed by atoms with Crippen LogP contribution in [0.4, 0.5) is 5.69 Å². The van der Waals surface area contributed by atoms with Crippen LogP contribution >= 0.6 is 0 Å². The molecule has 0 bridgehead atoms. The third kappa shape index (κ3) is 3.38. The van der Waals surface area contributed by atoms with Crippen molar-refractivity contribution in [2.45, 2.75) is 25.9 Å². The van der Waals surface area contributed by atoms with Gasteiger partial charge in [-0.2, -0.15) is 0 Å². The van der Waals surface area contributed by atoms with Gasteiger partial charge < -0.3 is 14.6 Å². The van der Waals surface area contributed by atoms with Crippen molar-refractivity contribution in [2.75, 3.05) is 5.32 Å². The summed E-state index contributed by atoms with van der Waals surface area (Å²) in [6.07, 6.45) is 4.48. The molecule has 1 atom stereocenters. The Morgan fingerprint density at radius 1 is 1.32 bits per heavy atom. The fourth-order valence-corrected chi connectivity index (χ4v) is 2.91. The average Bonchev–Trinajstić information content (AvgIpc) is 3.20. The highest BCUT2D eigenvalue weighted by atomic mass is 16.5. The molecule has 0 spiro atoms. The van der Waals surface area contributed by atoms with Crippen molar-refractivity contribution in [2.24, 2.45) is 0 Å². The van der Waals surface area contributed by atoms with Crippen LogP contribution in [0.1, 0.15) is 18.2 Å². The Morgan fingerprint density at radius 3 is 3.08 bits per heavy atom. The van der Waals surface area contributed by atoms with Gasteiger partial charge in [0, 0.05) is 24.2 Å². The monoisotopic (exact) mass is 335 g/mol. The molecule has 0 aliphatic carbocycles. The number of rotatable bonds is 4. The molecule has 0 saturated heterocycles. The van der Waals surface area contributed by atoms with Gasteiger partial charge in [0.05, 0.1) is 24.0 Å². The van der Waals surface area contributed by atoms with Gasteiger partial charge in [-0.1, -0.05) is 5.16 Å². The van der Waals surface area contributed by atoms with Crippen LogP contribution < -0.4 is 10.1 Å². The number of hydrogen-bond donors (Lipinski definition) is 1. The molecule has 3 aromatic rings. The summed E-state index contributed by atoms with van der Waals surface area (Å²) in [5.74, 6) is 1.40. The minimum atomic E-state index is -0.163. The second kappa shape index (κ2) is 6.39. The van der Waals surface area contributed by atoms with Crippen molar-refractivity contribution in [3.8, 4) is 17.1 Å². The summed E-state index contributed by atoms with van der Waals surface area (Å²) < 4.78 is 11.1. The first-order chi connectivity index (χ1) is 12.2. The van der Waals surface area contributed by atoms with Gasteiger partial charge in [0.15, 0.2) is 5.76 Å². The van der Waals surface area contributed by atoms with E-state index in [1.54, 1.807) is 30.6 Å². The second-order valence-electron chi connectivity index (χ2n) is 6.10. The molecule has 1 amide bonds. The number of hydrogen-bond acceptors (Lipinski definition) is 5. The number of nitrogens with one attached hydrogen (secondary N) is 1. The van der Waals surface area contributed by atoms with Crippen LogP contribution in [-0.4, -0.2) is 22.2 Å². The Bertz CT molecular complexity index is 905. The predicted molar refractivity (Wildman–Crippen MR) is 92.3 cm³/mol. The highest BCUT2D eigenvalue weighted by Crippen LogP contribution is 2.33. The lowest BCUT2D eigenvalue weighted by Gasteiger charge is -2.02. The largest absolute Gasteiger partial charge is 0.490 e. The Morgan fingerprint density at radius 2 is 2.24 bits per heavy atom. The quantitative estimate of drug-likeness (QED) is 0.792. The van der Waals surface area contributed by atoms with E-state index in [2.05, 4.69) is 21.5 Å². The van der Waals surface area contributed by atoms with Crippen molar-refractivity contribution >= 4 is 11.6 Å². The maximum atomic E-state index is 12.1. The highest BCUT2D eigenvalue weighted by Gasteiger charge is 2.20. The zero-order chi connectivity index (χ0) is 17.2. The van der Waals surface area contributed by atoms with Gasteiger partial charge >= 0.3 is 0 Å². The van der Waals surface area contributed by atoms with E-state index < -0.39 is 0 Å². The molecule has 1 aliphatic heterocycles. The first-order valence-corrected chi connectivity index (χ1v) is 8.13. The zero-order valence-corrected chi connectivity index (χ0v) is 13.7. The normalized spacial score (nSPS) is 15.5. The van der Waals surface area contributed by atoms with Gasteiger partial charge in [0.2, 0.25) is 5.91 Å². The average molecular weight is 335 g/mol. The lowest BCUT2D eigenvalue weighted by Crippen LogP contribution is -2.14. The summed E-state index contributed by atoms with van der Waals surface area (Å²) in [6.45, 7) is 2.05. The number of carbonyl (C=O) groups excluding carboxylic acids is 1. The Labute approximate surface area is 144 Å². The standard InChI is InChI=1S/C19H17N3O3/c1-12-7-14-8-13(4-5-17(14)24-12)18-9-16(22-25-18)10-19(23)21-15-3-2-6-20-11-15/h2-6,8-9,11-12H,7,10H2,1H3,(H,21,23). The number of benzene rings is 1. The van der Waals surface area contributed by atoms with E-state index in [4.69, 9.17) is 9.26 Å². The molecule has 1 aliphatic rings. The van der Waals surface area contributed by atoms with E-state index in [-0.39, 0.29) is 18.4 Å². The number of aromatic nitrogens is 2. The van der Waals surface area contributed by atoms with Crippen molar-refractivity contribution in [1.82, 2.24) is 10.1 Å². The Kier molecular flexibility index (Phi) is 3.93. The molecule has 0 radical (unpaired) electrons. The van der Waals surface area contributed by atoms with Crippen LogP contribution in [-0.2, 0) is 17.6 Å². The number of anilines is 1. The van der Waals surface area contributed by atoms with Gasteiger partial charge in [-0.25, -0.2) is 0 Å². The van der Waals surface area contributed by atoms with Gasteiger partial charge in [0.25, 0.3) is 0 Å². The molecule has 0 saturated carbocycles. The minimum Gasteiger partial charge on any atom is -0.490 e. The molecule has 2 aromatic heterocycles. The molecule has 126 valence electrons. The predicted octanol–water partition coefficient (Wildman–Crippen LogP) is 3.24. The summed E-state index contributed by atoms with van der Waals surface area (Å²) in [5, 5.41) is 6.78. The van der Waals surface area contributed by atoms with Crippen LogP contribution in [0.15, 0.2) is 53.3 Å². The van der Waals surface area contributed by atoms with Gasteiger partial charge in [-0.15, -0.1) is 0 Å². The van der Waals surface area contributed by atoms with Crippen molar-refractivity contribution in [3.05, 3.63) is 60.0 Å². The molecule has 3 heterocycles. The Balaban J connectivity index is 1.46. The Hall–Kier alpha value is -3.15. The molecular formula is C19H17N3O3. The zero-order valence-electron chi connectivity index (χ0n) is 13.7. The maximum Gasteiger partial charge on any atom is 0.230 e. The number of pyridine rings is 1. The molecule has 1 unspecified atom stereocenters. The van der Waals surface area contributed by atoms with E-state index in [0.717, 1.165) is 23.3 Å². The first kappa shape index (κ1) is 15.4.